The fourth-order valence-corrected chi connectivity index (χ4v) is 9.62. The number of furan rings is 2. The zero-order valence-electron chi connectivity index (χ0n) is 29.5. The highest BCUT2D eigenvalue weighted by atomic mass is 16.4. The molecule has 4 nitrogen and oxygen atoms in total. The van der Waals surface area contributed by atoms with E-state index in [-0.39, 0.29) is 0 Å². The van der Waals surface area contributed by atoms with E-state index in [1.807, 2.05) is 0 Å². The van der Waals surface area contributed by atoms with Crippen molar-refractivity contribution in [2.24, 2.45) is 23.7 Å². The molecule has 2 aliphatic rings. The molecule has 0 bridgehead atoms. The summed E-state index contributed by atoms with van der Waals surface area (Å²) in [5.41, 5.74) is 8.39. The minimum absolute atomic E-state index is 0.705. The monoisotopic (exact) mass is 656 g/mol. The lowest BCUT2D eigenvalue weighted by Crippen LogP contribution is -2.38. The molecule has 0 aliphatic carbocycles. The Hall–Kier alpha value is -4.96. The molecule has 2 saturated heterocycles. The van der Waals surface area contributed by atoms with Crippen LogP contribution in [-0.2, 0) is 0 Å². The second kappa shape index (κ2) is 11.3. The van der Waals surface area contributed by atoms with Crippen molar-refractivity contribution >= 4 is 76.8 Å². The molecule has 2 fully saturated rings. The van der Waals surface area contributed by atoms with Crippen molar-refractivity contribution < 1.29 is 8.83 Å². The van der Waals surface area contributed by atoms with Gasteiger partial charge in [0.15, 0.2) is 11.2 Å². The lowest BCUT2D eigenvalue weighted by atomic mass is 9.91. The highest BCUT2D eigenvalue weighted by Crippen LogP contribution is 2.46. The number of nitrogens with zero attached hydrogens (tertiary/aromatic N) is 2. The Morgan fingerprint density at radius 2 is 1.00 bits per heavy atom. The Balaban J connectivity index is 1.17. The number of fused-ring (bicyclic) bond motifs is 9. The molecule has 4 atom stereocenters. The molecule has 6 aromatic carbocycles. The predicted molar refractivity (Wildman–Crippen MR) is 212 cm³/mol. The molecule has 10 rings (SSSR count). The molecule has 0 amide bonds. The first kappa shape index (κ1) is 29.9. The number of anilines is 2. The van der Waals surface area contributed by atoms with Gasteiger partial charge in [-0.1, -0.05) is 70.2 Å². The molecule has 2 aliphatic heterocycles. The van der Waals surface area contributed by atoms with Crippen LogP contribution in [0.2, 0.25) is 0 Å². The van der Waals surface area contributed by atoms with Crippen LogP contribution in [0.4, 0.5) is 11.4 Å². The van der Waals surface area contributed by atoms with Crippen LogP contribution in [0.15, 0.2) is 106 Å². The van der Waals surface area contributed by atoms with Crippen LogP contribution in [-0.4, -0.2) is 26.2 Å². The molecule has 4 heterocycles. The number of benzene rings is 6. The van der Waals surface area contributed by atoms with Crippen molar-refractivity contribution in [3.05, 3.63) is 97.1 Å². The average molecular weight is 657 g/mol. The van der Waals surface area contributed by atoms with Gasteiger partial charge in [-0.3, -0.25) is 0 Å². The normalized spacial score (nSPS) is 21.8. The van der Waals surface area contributed by atoms with Crippen LogP contribution >= 0.6 is 0 Å². The number of piperidine rings is 2. The Kier molecular flexibility index (Phi) is 6.75. The summed E-state index contributed by atoms with van der Waals surface area (Å²) in [4.78, 5) is 5.12. The van der Waals surface area contributed by atoms with Gasteiger partial charge < -0.3 is 18.6 Å². The van der Waals surface area contributed by atoms with Gasteiger partial charge in [-0.2, -0.15) is 0 Å². The summed E-state index contributed by atoms with van der Waals surface area (Å²) < 4.78 is 13.7. The second-order valence-electron chi connectivity index (χ2n) is 16.0. The van der Waals surface area contributed by atoms with E-state index in [2.05, 4.69) is 135 Å². The third kappa shape index (κ3) is 4.87. The molecular formula is C46H44N2O2. The summed E-state index contributed by atoms with van der Waals surface area (Å²) in [5, 5.41) is 9.34. The second-order valence-corrected chi connectivity index (χ2v) is 16.0. The smallest absolute Gasteiger partial charge is 0.179 e. The third-order valence-electron chi connectivity index (χ3n) is 11.6. The molecule has 0 radical (unpaired) electrons. The number of rotatable bonds is 3. The van der Waals surface area contributed by atoms with Gasteiger partial charge in [-0.25, -0.2) is 0 Å². The van der Waals surface area contributed by atoms with Crippen molar-refractivity contribution in [3.8, 4) is 11.1 Å². The highest BCUT2D eigenvalue weighted by Gasteiger charge is 2.25. The maximum absolute atomic E-state index is 6.89. The van der Waals surface area contributed by atoms with E-state index in [1.165, 1.54) is 56.9 Å². The number of hydrogen-bond acceptors (Lipinski definition) is 4. The van der Waals surface area contributed by atoms with Crippen molar-refractivity contribution in [2.75, 3.05) is 36.0 Å². The first-order valence-corrected chi connectivity index (χ1v) is 18.6. The first-order chi connectivity index (χ1) is 24.3. The highest BCUT2D eigenvalue weighted by molar-refractivity contribution is 6.25. The standard InChI is InChI=1S/C46H44N2O2/c1-27-14-28(2)24-47(23-27)36-12-10-32-18-39-40-22-38(31-8-6-5-7-9-31)44-41-19-33-11-13-37(48-25-29(3)15-30(4)26-48)17-35(33)21-43(41)50-46(44)45(40)49-42(39)20-34(32)16-36/h5-13,16-22,27-30H,14-15,23-26H2,1-4H3. The van der Waals surface area contributed by atoms with E-state index in [1.54, 1.807) is 0 Å². The first-order valence-electron chi connectivity index (χ1n) is 18.6. The van der Waals surface area contributed by atoms with E-state index >= 15 is 0 Å². The van der Waals surface area contributed by atoms with E-state index < -0.39 is 0 Å². The predicted octanol–water partition coefficient (Wildman–Crippen LogP) is 12.4. The number of hydrogen-bond donors (Lipinski definition) is 0. The van der Waals surface area contributed by atoms with Gasteiger partial charge in [0.2, 0.25) is 0 Å². The fraction of sp³-hybridized carbons (Fsp3) is 0.304. The summed E-state index contributed by atoms with van der Waals surface area (Å²) in [6, 6.07) is 36.1. The summed E-state index contributed by atoms with van der Waals surface area (Å²) in [6.07, 6.45) is 2.61. The lowest BCUT2D eigenvalue weighted by Gasteiger charge is -2.36. The zero-order chi connectivity index (χ0) is 33.7. The van der Waals surface area contributed by atoms with Crippen molar-refractivity contribution in [1.29, 1.82) is 0 Å². The zero-order valence-corrected chi connectivity index (χ0v) is 29.5. The van der Waals surface area contributed by atoms with Crippen molar-refractivity contribution in [3.63, 3.8) is 0 Å². The van der Waals surface area contributed by atoms with Crippen LogP contribution in [0.3, 0.4) is 0 Å². The summed E-state index contributed by atoms with van der Waals surface area (Å²) in [5.74, 6) is 2.83. The van der Waals surface area contributed by atoms with E-state index in [4.69, 9.17) is 8.83 Å². The quantitative estimate of drug-likeness (QED) is 0.189. The Labute approximate surface area is 293 Å². The molecule has 4 heteroatoms. The molecule has 8 aromatic rings. The maximum atomic E-state index is 6.89. The summed E-state index contributed by atoms with van der Waals surface area (Å²) in [7, 11) is 0. The molecule has 0 saturated carbocycles. The van der Waals surface area contributed by atoms with Gasteiger partial charge in [0.1, 0.15) is 11.2 Å². The van der Waals surface area contributed by atoms with E-state index in [9.17, 15) is 0 Å². The van der Waals surface area contributed by atoms with Gasteiger partial charge in [0.05, 0.1) is 0 Å². The molecule has 2 aromatic heterocycles. The van der Waals surface area contributed by atoms with Crippen LogP contribution < -0.4 is 9.80 Å². The molecule has 0 spiro atoms. The van der Waals surface area contributed by atoms with Crippen molar-refractivity contribution in [1.82, 2.24) is 0 Å². The van der Waals surface area contributed by atoms with Crippen LogP contribution in [0, 0.1) is 23.7 Å². The minimum atomic E-state index is 0.705. The topological polar surface area (TPSA) is 32.8 Å². The fourth-order valence-electron chi connectivity index (χ4n) is 9.62. The molecule has 50 heavy (non-hydrogen) atoms. The Morgan fingerprint density at radius 1 is 0.480 bits per heavy atom. The Bertz CT molecular complexity index is 2580. The van der Waals surface area contributed by atoms with Gasteiger partial charge in [-0.05, 0) is 124 Å². The largest absolute Gasteiger partial charge is 0.452 e. The van der Waals surface area contributed by atoms with E-state index in [0.717, 1.165) is 70.1 Å². The maximum Gasteiger partial charge on any atom is 0.179 e. The Morgan fingerprint density at radius 3 is 1.58 bits per heavy atom. The van der Waals surface area contributed by atoms with Gasteiger partial charge in [0.25, 0.3) is 0 Å². The summed E-state index contributed by atoms with van der Waals surface area (Å²) in [6.45, 7) is 14.0. The SMILES string of the molecule is CC1CC(C)CN(c2ccc3cc4c(cc3c2)oc2c4cc(-c3ccccc3)c3c4cc5ccc(N6CC(C)CC(C)C6)cc5cc4oc23)C1. The van der Waals surface area contributed by atoms with Crippen LogP contribution in [0.1, 0.15) is 40.5 Å². The minimum Gasteiger partial charge on any atom is -0.452 e. The van der Waals surface area contributed by atoms with Crippen molar-refractivity contribution in [2.45, 2.75) is 40.5 Å². The van der Waals surface area contributed by atoms with Gasteiger partial charge in [0, 0.05) is 59.1 Å². The molecule has 4 unspecified atom stereocenters. The lowest BCUT2D eigenvalue weighted by molar-refractivity contribution is 0.357. The molecule has 250 valence electrons. The van der Waals surface area contributed by atoms with Crippen LogP contribution in [0.25, 0.3) is 76.5 Å². The van der Waals surface area contributed by atoms with Gasteiger partial charge in [-0.15, -0.1) is 0 Å². The average Bonchev–Trinajstić information content (AvgIpc) is 3.66. The third-order valence-corrected chi connectivity index (χ3v) is 11.6. The summed E-state index contributed by atoms with van der Waals surface area (Å²) >= 11 is 0. The van der Waals surface area contributed by atoms with Gasteiger partial charge >= 0.3 is 0 Å². The van der Waals surface area contributed by atoms with E-state index in [0.29, 0.717) is 23.7 Å². The molecule has 0 N–H and O–H groups in total. The van der Waals surface area contributed by atoms with Crippen LogP contribution in [0.5, 0.6) is 0 Å². The molecular weight excluding hydrogens is 613 g/mol.